The molecule has 0 radical (unpaired) electrons. The zero-order valence-corrected chi connectivity index (χ0v) is 13.2. The Labute approximate surface area is 126 Å². The van der Waals surface area contributed by atoms with Gasteiger partial charge in [0.1, 0.15) is 9.23 Å². The molecule has 0 spiro atoms. The molecule has 1 aromatic heterocycles. The van der Waals surface area contributed by atoms with Crippen LogP contribution in [-0.4, -0.2) is 26.2 Å². The average molecular weight is 344 g/mol. The molecular weight excluding hydrogens is 329 g/mol. The lowest BCUT2D eigenvalue weighted by atomic mass is 9.87. The molecule has 1 aliphatic carbocycles. The van der Waals surface area contributed by atoms with E-state index in [9.17, 15) is 13.5 Å². The Morgan fingerprint density at radius 2 is 2.16 bits per heavy atom. The van der Waals surface area contributed by atoms with Gasteiger partial charge in [-0.05, 0) is 31.2 Å². The van der Waals surface area contributed by atoms with Crippen LogP contribution in [0.5, 0.6) is 0 Å². The van der Waals surface area contributed by atoms with Gasteiger partial charge in [0.15, 0.2) is 0 Å². The molecule has 1 aliphatic rings. The summed E-state index contributed by atoms with van der Waals surface area (Å²) in [7, 11) is -3.62. The topological polar surface area (TPSA) is 66.4 Å². The van der Waals surface area contributed by atoms with E-state index in [1.54, 1.807) is 0 Å². The van der Waals surface area contributed by atoms with Crippen molar-refractivity contribution in [3.8, 4) is 0 Å². The molecule has 2 atom stereocenters. The van der Waals surface area contributed by atoms with E-state index < -0.39 is 10.0 Å². The lowest BCUT2D eigenvalue weighted by Gasteiger charge is -2.25. The molecule has 2 rings (SSSR count). The number of sulfonamides is 1. The highest BCUT2D eigenvalue weighted by Gasteiger charge is 2.25. The molecule has 108 valence electrons. The summed E-state index contributed by atoms with van der Waals surface area (Å²) >= 11 is 12.6. The fraction of sp³-hybridized carbons (Fsp3) is 0.636. The van der Waals surface area contributed by atoms with Gasteiger partial charge in [-0.3, -0.25) is 0 Å². The van der Waals surface area contributed by atoms with Gasteiger partial charge in [-0.25, -0.2) is 13.1 Å². The molecule has 1 heterocycles. The Bertz CT molecular complexity index is 544. The van der Waals surface area contributed by atoms with Crippen LogP contribution in [0.3, 0.4) is 0 Å². The zero-order chi connectivity index (χ0) is 14.0. The number of nitrogens with one attached hydrogen (secondary N) is 1. The summed E-state index contributed by atoms with van der Waals surface area (Å²) in [5.41, 5.74) is 0. The summed E-state index contributed by atoms with van der Waals surface area (Å²) in [5, 5.41) is 9.56. The summed E-state index contributed by atoms with van der Waals surface area (Å²) in [6.45, 7) is 0.323. The van der Waals surface area contributed by atoms with E-state index in [1.165, 1.54) is 6.07 Å². The number of halogens is 2. The third kappa shape index (κ3) is 4.06. The van der Waals surface area contributed by atoms with E-state index in [0.717, 1.165) is 30.6 Å². The maximum absolute atomic E-state index is 12.1. The quantitative estimate of drug-likeness (QED) is 0.883. The van der Waals surface area contributed by atoms with Crippen molar-refractivity contribution in [3.63, 3.8) is 0 Å². The maximum atomic E-state index is 12.1. The minimum absolute atomic E-state index is 0.0283. The van der Waals surface area contributed by atoms with E-state index in [1.807, 2.05) is 0 Å². The Morgan fingerprint density at radius 1 is 1.42 bits per heavy atom. The lowest BCUT2D eigenvalue weighted by Crippen LogP contribution is -2.32. The van der Waals surface area contributed by atoms with Crippen molar-refractivity contribution in [2.45, 2.75) is 36.7 Å². The molecule has 0 amide bonds. The molecule has 1 aromatic rings. The van der Waals surface area contributed by atoms with E-state index in [2.05, 4.69) is 4.72 Å². The normalized spacial score (nSPS) is 24.6. The Morgan fingerprint density at radius 3 is 2.74 bits per heavy atom. The van der Waals surface area contributed by atoms with Crippen LogP contribution >= 0.6 is 34.5 Å². The molecule has 19 heavy (non-hydrogen) atoms. The van der Waals surface area contributed by atoms with Crippen LogP contribution in [0, 0.1) is 5.92 Å². The number of aliphatic hydroxyl groups is 1. The predicted octanol–water partition coefficient (Wildman–Crippen LogP) is 2.88. The first-order valence-electron chi connectivity index (χ1n) is 6.01. The lowest BCUT2D eigenvalue weighted by molar-refractivity contribution is 0.102. The summed E-state index contributed by atoms with van der Waals surface area (Å²) in [6.07, 6.45) is 2.98. The second kappa shape index (κ2) is 6.28. The van der Waals surface area contributed by atoms with Gasteiger partial charge in [-0.2, -0.15) is 0 Å². The Hall–Kier alpha value is 0.150. The number of hydrogen-bond donors (Lipinski definition) is 2. The van der Waals surface area contributed by atoms with Gasteiger partial charge in [-0.15, -0.1) is 11.3 Å². The van der Waals surface area contributed by atoms with Crippen molar-refractivity contribution in [3.05, 3.63) is 14.7 Å². The smallest absolute Gasteiger partial charge is 0.242 e. The second-order valence-corrected chi connectivity index (χ2v) is 8.75. The second-order valence-electron chi connectivity index (χ2n) is 4.73. The minimum atomic E-state index is -3.62. The third-order valence-electron chi connectivity index (χ3n) is 3.23. The van der Waals surface area contributed by atoms with Gasteiger partial charge in [0.05, 0.1) is 10.4 Å². The maximum Gasteiger partial charge on any atom is 0.242 e. The number of hydrogen-bond acceptors (Lipinski definition) is 4. The van der Waals surface area contributed by atoms with Crippen molar-refractivity contribution < 1.29 is 13.5 Å². The fourth-order valence-electron chi connectivity index (χ4n) is 2.26. The van der Waals surface area contributed by atoms with Crippen molar-refractivity contribution in [1.82, 2.24) is 4.72 Å². The first kappa shape index (κ1) is 15.5. The molecule has 1 saturated carbocycles. The van der Waals surface area contributed by atoms with E-state index in [4.69, 9.17) is 23.2 Å². The van der Waals surface area contributed by atoms with Crippen LogP contribution in [0.25, 0.3) is 0 Å². The first-order chi connectivity index (χ1) is 8.88. The Kier molecular flexibility index (Phi) is 5.14. The summed E-state index contributed by atoms with van der Waals surface area (Å²) in [5.74, 6) is 0.173. The number of thiophene rings is 1. The highest BCUT2D eigenvalue weighted by Crippen LogP contribution is 2.34. The van der Waals surface area contributed by atoms with Gasteiger partial charge < -0.3 is 5.11 Å². The molecule has 0 aliphatic heterocycles. The van der Waals surface area contributed by atoms with E-state index >= 15 is 0 Å². The monoisotopic (exact) mass is 343 g/mol. The van der Waals surface area contributed by atoms with Gasteiger partial charge in [0.2, 0.25) is 10.0 Å². The molecule has 0 aromatic carbocycles. The largest absolute Gasteiger partial charge is 0.393 e. The van der Waals surface area contributed by atoms with Gasteiger partial charge in [0.25, 0.3) is 0 Å². The van der Waals surface area contributed by atoms with Gasteiger partial charge in [0, 0.05) is 6.54 Å². The van der Waals surface area contributed by atoms with Crippen molar-refractivity contribution >= 4 is 44.6 Å². The average Bonchev–Trinajstić information content (AvgIpc) is 2.67. The molecule has 0 bridgehead atoms. The van der Waals surface area contributed by atoms with Crippen LogP contribution in [0.4, 0.5) is 0 Å². The molecule has 1 fully saturated rings. The van der Waals surface area contributed by atoms with Gasteiger partial charge in [-0.1, -0.05) is 29.6 Å². The number of aliphatic hydroxyl groups excluding tert-OH is 1. The molecule has 0 saturated heterocycles. The summed E-state index contributed by atoms with van der Waals surface area (Å²) < 4.78 is 27.2. The fourth-order valence-corrected chi connectivity index (χ4v) is 5.53. The third-order valence-corrected chi connectivity index (χ3v) is 6.41. The Balaban J connectivity index is 2.00. The molecule has 2 unspecified atom stereocenters. The molecule has 4 nitrogen and oxygen atoms in total. The highest BCUT2D eigenvalue weighted by molar-refractivity contribution is 7.89. The first-order valence-corrected chi connectivity index (χ1v) is 9.06. The number of rotatable bonds is 4. The predicted molar refractivity (Wildman–Crippen MR) is 77.5 cm³/mol. The SMILES string of the molecule is O=S(=O)(NCC1CCCC(O)C1)c1cc(Cl)sc1Cl. The minimum Gasteiger partial charge on any atom is -0.393 e. The van der Waals surface area contributed by atoms with Crippen LogP contribution in [0.2, 0.25) is 8.67 Å². The summed E-state index contributed by atoms with van der Waals surface area (Å²) in [4.78, 5) is 0.0283. The molecule has 2 N–H and O–H groups in total. The molecule has 8 heteroatoms. The zero-order valence-electron chi connectivity index (χ0n) is 10.1. The van der Waals surface area contributed by atoms with Gasteiger partial charge >= 0.3 is 0 Å². The summed E-state index contributed by atoms with van der Waals surface area (Å²) in [6, 6.07) is 1.35. The van der Waals surface area contributed by atoms with E-state index in [-0.39, 0.29) is 21.3 Å². The van der Waals surface area contributed by atoms with Crippen molar-refractivity contribution in [1.29, 1.82) is 0 Å². The standard InChI is InChI=1S/C11H15Cl2NO3S2/c12-10-5-9(11(13)18-10)19(16,17)14-6-7-2-1-3-8(15)4-7/h5,7-8,14-15H,1-4,6H2. The van der Waals surface area contributed by atoms with Crippen LogP contribution < -0.4 is 4.72 Å². The molecular formula is C11H15Cl2NO3S2. The van der Waals surface area contributed by atoms with Crippen LogP contribution in [-0.2, 0) is 10.0 Å². The highest BCUT2D eigenvalue weighted by atomic mass is 35.5. The van der Waals surface area contributed by atoms with Crippen molar-refractivity contribution in [2.75, 3.05) is 6.54 Å². The van der Waals surface area contributed by atoms with E-state index in [0.29, 0.717) is 17.3 Å². The van der Waals surface area contributed by atoms with Crippen LogP contribution in [0.15, 0.2) is 11.0 Å². The van der Waals surface area contributed by atoms with Crippen LogP contribution in [0.1, 0.15) is 25.7 Å². The van der Waals surface area contributed by atoms with Crippen molar-refractivity contribution in [2.24, 2.45) is 5.92 Å².